The van der Waals surface area contributed by atoms with Gasteiger partial charge in [0, 0.05) is 17.0 Å². The molecule has 0 aliphatic carbocycles. The summed E-state index contributed by atoms with van der Waals surface area (Å²) in [7, 11) is 0. The van der Waals surface area contributed by atoms with Crippen LogP contribution in [-0.4, -0.2) is 31.6 Å². The van der Waals surface area contributed by atoms with E-state index in [2.05, 4.69) is 0 Å². The van der Waals surface area contributed by atoms with Crippen LogP contribution in [0.4, 0.5) is 0 Å². The van der Waals surface area contributed by atoms with Crippen molar-refractivity contribution in [2.45, 2.75) is 12.8 Å². The highest BCUT2D eigenvalue weighted by molar-refractivity contribution is 8.25. The quantitative estimate of drug-likeness (QED) is 0.569. The maximum absolute atomic E-state index is 11.0. The van der Waals surface area contributed by atoms with E-state index in [1.54, 1.807) is 23.1 Å². The summed E-state index contributed by atoms with van der Waals surface area (Å²) in [6.45, 7) is 0.532. The van der Waals surface area contributed by atoms with Gasteiger partial charge in [-0.25, -0.2) is 4.79 Å². The molecule has 1 atom stereocenters. The molecule has 0 saturated carbocycles. The molecule has 0 radical (unpaired) electrons. The lowest BCUT2D eigenvalue weighted by Gasteiger charge is -2.21. The monoisotopic (exact) mass is 423 g/mol. The van der Waals surface area contributed by atoms with Crippen LogP contribution in [0.2, 0.25) is 0 Å². The standard InChI is InChI=1S/C22H17NO4S2/c24-20-19(29-22(28)23(20)13-14-4-2-1-3-5-14)12-17-10-11-18(27-17)15-6-8-16(9-7-15)21(25)26/h1-12,20,24H,13H2,(H,25,26)/b19-12-. The summed E-state index contributed by atoms with van der Waals surface area (Å²) < 4.78 is 6.47. The number of carboxylic acid groups (broad SMARTS) is 1. The molecule has 3 aromatic rings. The van der Waals surface area contributed by atoms with Gasteiger partial charge in [-0.05, 0) is 35.9 Å². The lowest BCUT2D eigenvalue weighted by molar-refractivity contribution is 0.0697. The number of aliphatic hydroxyl groups excluding tert-OH is 1. The Morgan fingerprint density at radius 3 is 2.52 bits per heavy atom. The molecule has 7 heteroatoms. The van der Waals surface area contributed by atoms with E-state index in [0.717, 1.165) is 11.1 Å². The molecule has 1 saturated heterocycles. The predicted octanol–water partition coefficient (Wildman–Crippen LogP) is 4.84. The number of hydrogen-bond acceptors (Lipinski definition) is 5. The molecule has 2 N–H and O–H groups in total. The van der Waals surface area contributed by atoms with E-state index in [1.807, 2.05) is 42.5 Å². The number of aromatic carboxylic acids is 1. The Labute approximate surface area is 177 Å². The van der Waals surface area contributed by atoms with E-state index in [-0.39, 0.29) is 5.56 Å². The zero-order chi connectivity index (χ0) is 20.4. The van der Waals surface area contributed by atoms with Gasteiger partial charge in [0.15, 0.2) is 6.23 Å². The first-order valence-electron chi connectivity index (χ1n) is 8.87. The molecule has 29 heavy (non-hydrogen) atoms. The summed E-state index contributed by atoms with van der Waals surface area (Å²) in [4.78, 5) is 13.4. The van der Waals surface area contributed by atoms with Crippen molar-refractivity contribution in [1.29, 1.82) is 0 Å². The zero-order valence-corrected chi connectivity index (χ0v) is 16.8. The van der Waals surface area contributed by atoms with Crippen LogP contribution in [0.5, 0.6) is 0 Å². The molecule has 2 aromatic carbocycles. The second-order valence-electron chi connectivity index (χ2n) is 6.49. The number of furan rings is 1. The molecule has 0 spiro atoms. The van der Waals surface area contributed by atoms with Crippen LogP contribution in [0, 0.1) is 0 Å². The van der Waals surface area contributed by atoms with Gasteiger partial charge in [-0.2, -0.15) is 0 Å². The van der Waals surface area contributed by atoms with Gasteiger partial charge in [0.05, 0.1) is 5.56 Å². The average molecular weight is 424 g/mol. The van der Waals surface area contributed by atoms with Crippen LogP contribution in [0.3, 0.4) is 0 Å². The highest BCUT2D eigenvalue weighted by Crippen LogP contribution is 2.37. The number of nitrogens with zero attached hydrogens (tertiary/aromatic N) is 1. The lowest BCUT2D eigenvalue weighted by atomic mass is 10.1. The SMILES string of the molecule is O=C(O)c1ccc(-c2ccc(/C=C3\SC(=S)N(Cc4ccccc4)C3O)o2)cc1. The van der Waals surface area contributed by atoms with Crippen LogP contribution >= 0.6 is 24.0 Å². The minimum atomic E-state index is -0.968. The predicted molar refractivity (Wildman–Crippen MR) is 117 cm³/mol. The fourth-order valence-electron chi connectivity index (χ4n) is 3.00. The summed E-state index contributed by atoms with van der Waals surface area (Å²) in [5.41, 5.74) is 2.07. The molecule has 2 heterocycles. The van der Waals surface area contributed by atoms with Crippen molar-refractivity contribution in [3.63, 3.8) is 0 Å². The van der Waals surface area contributed by atoms with Gasteiger partial charge in [-0.3, -0.25) is 0 Å². The van der Waals surface area contributed by atoms with E-state index in [1.165, 1.54) is 23.9 Å². The number of benzene rings is 2. The molecule has 1 fully saturated rings. The van der Waals surface area contributed by atoms with Crippen molar-refractivity contribution in [3.05, 3.63) is 88.5 Å². The Kier molecular flexibility index (Phi) is 5.53. The highest BCUT2D eigenvalue weighted by Gasteiger charge is 2.32. The van der Waals surface area contributed by atoms with Crippen LogP contribution in [0.15, 0.2) is 76.1 Å². The van der Waals surface area contributed by atoms with Crippen molar-refractivity contribution >= 4 is 40.3 Å². The molecular formula is C22H17NO4S2. The van der Waals surface area contributed by atoms with E-state index >= 15 is 0 Å². The lowest BCUT2D eigenvalue weighted by Crippen LogP contribution is -2.31. The molecule has 5 nitrogen and oxygen atoms in total. The van der Waals surface area contributed by atoms with Crippen molar-refractivity contribution < 1.29 is 19.4 Å². The third-order valence-electron chi connectivity index (χ3n) is 4.51. The average Bonchev–Trinajstić information content (AvgIpc) is 3.29. The van der Waals surface area contributed by atoms with Crippen LogP contribution in [0.1, 0.15) is 21.7 Å². The van der Waals surface area contributed by atoms with Gasteiger partial charge in [0.1, 0.15) is 15.8 Å². The molecule has 1 unspecified atom stereocenters. The van der Waals surface area contributed by atoms with E-state index in [9.17, 15) is 9.90 Å². The fraction of sp³-hybridized carbons (Fsp3) is 0.0909. The molecule has 0 bridgehead atoms. The highest BCUT2D eigenvalue weighted by atomic mass is 32.2. The summed E-state index contributed by atoms with van der Waals surface area (Å²) in [6.07, 6.45) is 0.956. The Hall–Kier alpha value is -2.87. The summed E-state index contributed by atoms with van der Waals surface area (Å²) in [5, 5.41) is 19.7. The number of hydrogen-bond donors (Lipinski definition) is 2. The van der Waals surface area contributed by atoms with Crippen LogP contribution in [-0.2, 0) is 6.54 Å². The number of carbonyl (C=O) groups is 1. The molecule has 146 valence electrons. The Bertz CT molecular complexity index is 1070. The Balaban J connectivity index is 1.51. The zero-order valence-electron chi connectivity index (χ0n) is 15.2. The van der Waals surface area contributed by atoms with Gasteiger partial charge >= 0.3 is 5.97 Å². The first-order valence-corrected chi connectivity index (χ1v) is 10.1. The largest absolute Gasteiger partial charge is 0.478 e. The minimum absolute atomic E-state index is 0.222. The number of rotatable bonds is 5. The minimum Gasteiger partial charge on any atom is -0.478 e. The van der Waals surface area contributed by atoms with Crippen molar-refractivity contribution in [2.24, 2.45) is 0 Å². The normalized spacial score (nSPS) is 17.8. The molecule has 1 aliphatic heterocycles. The second-order valence-corrected chi connectivity index (χ2v) is 8.19. The van der Waals surface area contributed by atoms with Crippen LogP contribution < -0.4 is 0 Å². The van der Waals surface area contributed by atoms with Gasteiger partial charge < -0.3 is 19.5 Å². The maximum Gasteiger partial charge on any atom is 0.335 e. The smallest absolute Gasteiger partial charge is 0.335 e. The molecular weight excluding hydrogens is 406 g/mol. The summed E-state index contributed by atoms with van der Waals surface area (Å²) in [6, 6.07) is 20.0. The molecule has 0 amide bonds. The Morgan fingerprint density at radius 2 is 1.83 bits per heavy atom. The number of carboxylic acids is 1. The third-order valence-corrected chi connectivity index (χ3v) is 5.97. The second kappa shape index (κ2) is 8.24. The van der Waals surface area contributed by atoms with Crippen molar-refractivity contribution in [3.8, 4) is 11.3 Å². The first-order chi connectivity index (χ1) is 14.0. The van der Waals surface area contributed by atoms with Crippen molar-refractivity contribution in [1.82, 2.24) is 4.90 Å². The molecule has 1 aliphatic rings. The van der Waals surface area contributed by atoms with Gasteiger partial charge in [-0.15, -0.1) is 0 Å². The Morgan fingerprint density at radius 1 is 1.10 bits per heavy atom. The van der Waals surface area contributed by atoms with Gasteiger partial charge in [0.2, 0.25) is 0 Å². The summed E-state index contributed by atoms with van der Waals surface area (Å²) >= 11 is 6.78. The fourth-order valence-corrected chi connectivity index (χ4v) is 4.35. The summed E-state index contributed by atoms with van der Waals surface area (Å²) in [5.74, 6) is 0.243. The molecule has 1 aromatic heterocycles. The van der Waals surface area contributed by atoms with Gasteiger partial charge in [0.25, 0.3) is 0 Å². The van der Waals surface area contributed by atoms with Crippen LogP contribution in [0.25, 0.3) is 17.4 Å². The third kappa shape index (κ3) is 4.27. The molecule has 4 rings (SSSR count). The van der Waals surface area contributed by atoms with E-state index in [0.29, 0.717) is 27.3 Å². The number of thioether (sulfide) groups is 1. The number of thiocarbonyl (C=S) groups is 1. The van der Waals surface area contributed by atoms with E-state index < -0.39 is 12.2 Å². The first kappa shape index (κ1) is 19.4. The van der Waals surface area contributed by atoms with E-state index in [4.69, 9.17) is 21.7 Å². The maximum atomic E-state index is 11.0. The van der Waals surface area contributed by atoms with Gasteiger partial charge in [-0.1, -0.05) is 66.4 Å². The topological polar surface area (TPSA) is 73.9 Å². The van der Waals surface area contributed by atoms with Crippen molar-refractivity contribution in [2.75, 3.05) is 0 Å². The number of aliphatic hydroxyl groups is 1.